The predicted molar refractivity (Wildman–Crippen MR) is 80.4 cm³/mol. The number of aromatic nitrogens is 1. The molecule has 2 aromatic carbocycles. The molecule has 0 atom stereocenters. The van der Waals surface area contributed by atoms with Crippen molar-refractivity contribution >= 4 is 22.4 Å². The van der Waals surface area contributed by atoms with Crippen LogP contribution in [-0.4, -0.2) is 15.2 Å². The molecule has 0 fully saturated rings. The number of aryl methyl sites for hydroxylation is 1. The van der Waals surface area contributed by atoms with Crippen LogP contribution in [0.5, 0.6) is 11.5 Å². The number of hydrogen-bond acceptors (Lipinski definition) is 5. The van der Waals surface area contributed by atoms with E-state index in [0.717, 1.165) is 10.9 Å². The van der Waals surface area contributed by atoms with E-state index in [1.165, 1.54) is 6.07 Å². The first kappa shape index (κ1) is 13.1. The summed E-state index contributed by atoms with van der Waals surface area (Å²) in [6.45, 7) is 1.72. The quantitative estimate of drug-likeness (QED) is 0.684. The van der Waals surface area contributed by atoms with Gasteiger partial charge in [-0.15, -0.1) is 10.2 Å². The predicted octanol–water partition coefficient (Wildman–Crippen LogP) is 4.37. The molecule has 3 rings (SSSR count). The first-order valence-corrected chi connectivity index (χ1v) is 6.44. The number of rotatable bonds is 2. The molecule has 0 unspecified atom stereocenters. The highest BCUT2D eigenvalue weighted by atomic mass is 16.3. The van der Waals surface area contributed by atoms with Crippen molar-refractivity contribution in [3.8, 4) is 11.5 Å². The molecular weight excluding hydrogens is 266 g/mol. The number of phenols is 2. The Bertz CT molecular complexity index is 844. The van der Waals surface area contributed by atoms with Crippen LogP contribution in [0.3, 0.4) is 0 Å². The van der Waals surface area contributed by atoms with E-state index in [9.17, 15) is 10.2 Å². The standard InChI is InChI=1S/C16H13N3O2/c1-10-6-8-13(20)15(16(10)21)19-18-14-9-7-11-4-2-3-5-12(11)17-14/h2-9,20-21H,1H3. The second-order valence-electron chi connectivity index (χ2n) is 4.66. The molecule has 21 heavy (non-hydrogen) atoms. The molecule has 5 nitrogen and oxygen atoms in total. The second-order valence-corrected chi connectivity index (χ2v) is 4.66. The molecule has 0 saturated heterocycles. The molecule has 0 amide bonds. The van der Waals surface area contributed by atoms with Crippen LogP contribution < -0.4 is 0 Å². The van der Waals surface area contributed by atoms with Crippen molar-refractivity contribution in [1.29, 1.82) is 0 Å². The van der Waals surface area contributed by atoms with Crippen molar-refractivity contribution in [3.63, 3.8) is 0 Å². The van der Waals surface area contributed by atoms with Gasteiger partial charge in [-0.1, -0.05) is 24.3 Å². The highest BCUT2D eigenvalue weighted by Crippen LogP contribution is 2.38. The smallest absolute Gasteiger partial charge is 0.174 e. The first-order valence-electron chi connectivity index (χ1n) is 6.44. The average molecular weight is 279 g/mol. The van der Waals surface area contributed by atoms with Crippen molar-refractivity contribution in [1.82, 2.24) is 4.98 Å². The monoisotopic (exact) mass is 279 g/mol. The number of fused-ring (bicyclic) bond motifs is 1. The lowest BCUT2D eigenvalue weighted by Crippen LogP contribution is -1.79. The van der Waals surface area contributed by atoms with Gasteiger partial charge in [-0.25, -0.2) is 4.98 Å². The average Bonchev–Trinajstić information content (AvgIpc) is 2.51. The summed E-state index contributed by atoms with van der Waals surface area (Å²) in [5.74, 6) is 0.205. The number of phenolic OH excluding ortho intramolecular Hbond substituents is 2. The Morgan fingerprint density at radius 1 is 0.905 bits per heavy atom. The SMILES string of the molecule is Cc1ccc(O)c(N=Nc2ccc3ccccc3n2)c1O. The van der Waals surface area contributed by atoms with Crippen molar-refractivity contribution in [2.24, 2.45) is 10.2 Å². The lowest BCUT2D eigenvalue weighted by Gasteiger charge is -2.03. The molecule has 0 spiro atoms. The van der Waals surface area contributed by atoms with E-state index in [-0.39, 0.29) is 17.2 Å². The van der Waals surface area contributed by atoms with Crippen LogP contribution in [0.1, 0.15) is 5.56 Å². The van der Waals surface area contributed by atoms with Crippen LogP contribution in [0.15, 0.2) is 58.8 Å². The Kier molecular flexibility index (Phi) is 3.23. The molecular formula is C16H13N3O2. The van der Waals surface area contributed by atoms with Crippen LogP contribution in [0, 0.1) is 6.92 Å². The van der Waals surface area contributed by atoms with Crippen molar-refractivity contribution in [2.75, 3.05) is 0 Å². The zero-order valence-electron chi connectivity index (χ0n) is 11.4. The lowest BCUT2D eigenvalue weighted by molar-refractivity contribution is 0.450. The Morgan fingerprint density at radius 3 is 2.57 bits per heavy atom. The van der Waals surface area contributed by atoms with Crippen LogP contribution in [0.4, 0.5) is 11.5 Å². The Labute approximate surface area is 121 Å². The molecule has 0 aliphatic heterocycles. The van der Waals surface area contributed by atoms with Crippen molar-refractivity contribution < 1.29 is 10.2 Å². The van der Waals surface area contributed by atoms with Gasteiger partial charge in [0, 0.05) is 5.39 Å². The van der Waals surface area contributed by atoms with Gasteiger partial charge in [0.15, 0.2) is 11.5 Å². The topological polar surface area (TPSA) is 78.1 Å². The summed E-state index contributed by atoms with van der Waals surface area (Å²) in [7, 11) is 0. The molecule has 3 aromatic rings. The van der Waals surface area contributed by atoms with Gasteiger partial charge in [0.2, 0.25) is 0 Å². The molecule has 0 saturated carbocycles. The molecule has 5 heteroatoms. The fourth-order valence-corrected chi connectivity index (χ4v) is 1.98. The number of pyridine rings is 1. The third kappa shape index (κ3) is 2.53. The van der Waals surface area contributed by atoms with Gasteiger partial charge < -0.3 is 10.2 Å². The third-order valence-corrected chi connectivity index (χ3v) is 3.17. The van der Waals surface area contributed by atoms with Crippen molar-refractivity contribution in [3.05, 3.63) is 54.1 Å². The molecule has 0 aliphatic carbocycles. The fraction of sp³-hybridized carbons (Fsp3) is 0.0625. The summed E-state index contributed by atoms with van der Waals surface area (Å²) in [5, 5.41) is 28.5. The summed E-state index contributed by atoms with van der Waals surface area (Å²) in [6.07, 6.45) is 0. The number of nitrogens with zero attached hydrogens (tertiary/aromatic N) is 3. The molecule has 0 radical (unpaired) electrons. The number of hydrogen-bond donors (Lipinski definition) is 2. The summed E-state index contributed by atoms with van der Waals surface area (Å²) in [5.41, 5.74) is 1.48. The number of para-hydroxylation sites is 1. The maximum Gasteiger partial charge on any atom is 0.174 e. The number of azo groups is 1. The zero-order valence-corrected chi connectivity index (χ0v) is 11.4. The van der Waals surface area contributed by atoms with Gasteiger partial charge >= 0.3 is 0 Å². The van der Waals surface area contributed by atoms with Gasteiger partial charge in [0.25, 0.3) is 0 Å². The minimum absolute atomic E-state index is 0.0463. The van der Waals surface area contributed by atoms with E-state index in [4.69, 9.17) is 0 Å². The molecule has 104 valence electrons. The maximum absolute atomic E-state index is 9.89. The normalized spacial score (nSPS) is 11.3. The number of benzene rings is 2. The number of aromatic hydroxyl groups is 2. The van der Waals surface area contributed by atoms with Crippen molar-refractivity contribution in [2.45, 2.75) is 6.92 Å². The summed E-state index contributed by atoms with van der Waals surface area (Å²) >= 11 is 0. The molecule has 0 aliphatic rings. The minimum Gasteiger partial charge on any atom is -0.505 e. The van der Waals surface area contributed by atoms with Gasteiger partial charge in [-0.05, 0) is 36.8 Å². The van der Waals surface area contributed by atoms with E-state index in [1.807, 2.05) is 30.3 Å². The van der Waals surface area contributed by atoms with E-state index in [1.54, 1.807) is 19.1 Å². The first-order chi connectivity index (χ1) is 10.1. The minimum atomic E-state index is -0.123. The van der Waals surface area contributed by atoms with E-state index < -0.39 is 0 Å². The molecule has 1 heterocycles. The van der Waals surface area contributed by atoms with Crippen LogP contribution in [-0.2, 0) is 0 Å². The van der Waals surface area contributed by atoms with E-state index in [2.05, 4.69) is 15.2 Å². The van der Waals surface area contributed by atoms with Gasteiger partial charge in [-0.2, -0.15) is 0 Å². The summed E-state index contributed by atoms with van der Waals surface area (Å²) in [6, 6.07) is 14.4. The Balaban J connectivity index is 2.00. The third-order valence-electron chi connectivity index (χ3n) is 3.17. The summed E-state index contributed by atoms with van der Waals surface area (Å²) in [4.78, 5) is 4.35. The highest BCUT2D eigenvalue weighted by Gasteiger charge is 2.09. The fourth-order valence-electron chi connectivity index (χ4n) is 1.98. The van der Waals surface area contributed by atoms with Crippen LogP contribution in [0.2, 0.25) is 0 Å². The second kappa shape index (κ2) is 5.20. The van der Waals surface area contributed by atoms with Gasteiger partial charge in [0.05, 0.1) is 5.52 Å². The van der Waals surface area contributed by atoms with Crippen LogP contribution >= 0.6 is 0 Å². The maximum atomic E-state index is 9.89. The zero-order chi connectivity index (χ0) is 14.8. The highest BCUT2D eigenvalue weighted by molar-refractivity contribution is 5.79. The molecule has 1 aromatic heterocycles. The molecule has 0 bridgehead atoms. The lowest BCUT2D eigenvalue weighted by atomic mass is 10.2. The summed E-state index contributed by atoms with van der Waals surface area (Å²) < 4.78 is 0. The van der Waals surface area contributed by atoms with Gasteiger partial charge in [0.1, 0.15) is 11.5 Å². The van der Waals surface area contributed by atoms with E-state index >= 15 is 0 Å². The Hall–Kier alpha value is -2.95. The van der Waals surface area contributed by atoms with Crippen LogP contribution in [0.25, 0.3) is 10.9 Å². The van der Waals surface area contributed by atoms with E-state index in [0.29, 0.717) is 11.4 Å². The Morgan fingerprint density at radius 2 is 1.71 bits per heavy atom. The molecule has 2 N–H and O–H groups in total. The largest absolute Gasteiger partial charge is 0.505 e. The van der Waals surface area contributed by atoms with Gasteiger partial charge in [-0.3, -0.25) is 0 Å².